The summed E-state index contributed by atoms with van der Waals surface area (Å²) >= 11 is 5.97. The average Bonchev–Trinajstić information content (AvgIpc) is 3.01. The van der Waals surface area contributed by atoms with Crippen LogP contribution in [0, 0.1) is 0 Å². The standard InChI is InChI=1S/C16H18ClN5O2.ClH/c1-2-19-15(23)10-7-9(17)3-4-12(10)20-16(24)14-11-8-18-6-5-13(11)21-22-14;/h3-4,7,18H,2,5-6,8H2,1H3,(H,19,23)(H,20,24)(H,21,22);1H. The number of nitrogens with one attached hydrogen (secondary N) is 4. The van der Waals surface area contributed by atoms with E-state index in [2.05, 4.69) is 26.1 Å². The van der Waals surface area contributed by atoms with Crippen LogP contribution in [0.25, 0.3) is 0 Å². The minimum atomic E-state index is -0.357. The van der Waals surface area contributed by atoms with Crippen LogP contribution in [0.3, 0.4) is 0 Å². The number of fused-ring (bicyclic) bond motifs is 1. The van der Waals surface area contributed by atoms with Gasteiger partial charge in [-0.2, -0.15) is 5.10 Å². The molecule has 0 saturated heterocycles. The summed E-state index contributed by atoms with van der Waals surface area (Å²) in [6.07, 6.45) is 0.806. The summed E-state index contributed by atoms with van der Waals surface area (Å²) in [5, 5.41) is 16.1. The van der Waals surface area contributed by atoms with Gasteiger partial charge in [0.05, 0.1) is 11.3 Å². The molecule has 7 nitrogen and oxygen atoms in total. The first kappa shape index (κ1) is 19.2. The molecule has 2 aromatic rings. The smallest absolute Gasteiger partial charge is 0.276 e. The maximum Gasteiger partial charge on any atom is 0.276 e. The molecule has 0 unspecified atom stereocenters. The molecule has 0 aliphatic carbocycles. The van der Waals surface area contributed by atoms with Gasteiger partial charge in [0.25, 0.3) is 11.8 Å². The largest absolute Gasteiger partial charge is 0.352 e. The number of hydrogen-bond acceptors (Lipinski definition) is 4. The van der Waals surface area contributed by atoms with Gasteiger partial charge in [0.15, 0.2) is 5.69 Å². The van der Waals surface area contributed by atoms with E-state index in [0.717, 1.165) is 24.2 Å². The molecule has 4 N–H and O–H groups in total. The van der Waals surface area contributed by atoms with Crippen LogP contribution in [0.1, 0.15) is 39.0 Å². The van der Waals surface area contributed by atoms with Crippen molar-refractivity contribution >= 4 is 41.5 Å². The van der Waals surface area contributed by atoms with Crippen LogP contribution in [0.4, 0.5) is 5.69 Å². The summed E-state index contributed by atoms with van der Waals surface area (Å²) in [6.45, 7) is 3.76. The molecule has 0 spiro atoms. The van der Waals surface area contributed by atoms with Gasteiger partial charge in [0.2, 0.25) is 0 Å². The maximum absolute atomic E-state index is 12.6. The Morgan fingerprint density at radius 2 is 2.12 bits per heavy atom. The number of anilines is 1. The van der Waals surface area contributed by atoms with E-state index in [0.29, 0.717) is 35.1 Å². The molecule has 1 aromatic heterocycles. The Bertz CT molecular complexity index is 791. The van der Waals surface area contributed by atoms with Crippen LogP contribution < -0.4 is 16.0 Å². The zero-order valence-electron chi connectivity index (χ0n) is 13.6. The van der Waals surface area contributed by atoms with Gasteiger partial charge in [0, 0.05) is 42.3 Å². The molecule has 134 valence electrons. The summed E-state index contributed by atoms with van der Waals surface area (Å²) in [4.78, 5) is 24.7. The lowest BCUT2D eigenvalue weighted by atomic mass is 10.1. The van der Waals surface area contributed by atoms with Crippen molar-refractivity contribution < 1.29 is 9.59 Å². The van der Waals surface area contributed by atoms with Gasteiger partial charge >= 0.3 is 0 Å². The van der Waals surface area contributed by atoms with E-state index in [9.17, 15) is 9.59 Å². The Balaban J connectivity index is 0.00000225. The number of aromatic amines is 1. The fourth-order valence-electron chi connectivity index (χ4n) is 2.66. The first-order valence-electron chi connectivity index (χ1n) is 7.76. The highest BCUT2D eigenvalue weighted by atomic mass is 35.5. The Labute approximate surface area is 156 Å². The number of aromatic nitrogens is 2. The van der Waals surface area contributed by atoms with Crippen molar-refractivity contribution in [2.75, 3.05) is 18.4 Å². The molecule has 1 aromatic carbocycles. The SMILES string of the molecule is CCNC(=O)c1cc(Cl)ccc1NC(=O)c1n[nH]c2c1CNCC2.Cl. The van der Waals surface area contributed by atoms with Gasteiger partial charge in [-0.15, -0.1) is 12.4 Å². The van der Waals surface area contributed by atoms with Crippen molar-refractivity contribution in [1.29, 1.82) is 0 Å². The van der Waals surface area contributed by atoms with Crippen LogP contribution in [0.15, 0.2) is 18.2 Å². The zero-order valence-corrected chi connectivity index (χ0v) is 15.2. The van der Waals surface area contributed by atoms with E-state index in [-0.39, 0.29) is 24.2 Å². The van der Waals surface area contributed by atoms with Crippen molar-refractivity contribution in [3.8, 4) is 0 Å². The lowest BCUT2D eigenvalue weighted by Crippen LogP contribution is -2.27. The number of amides is 2. The first-order valence-corrected chi connectivity index (χ1v) is 8.14. The fourth-order valence-corrected chi connectivity index (χ4v) is 2.84. The minimum absolute atomic E-state index is 0. The van der Waals surface area contributed by atoms with E-state index >= 15 is 0 Å². The predicted octanol–water partition coefficient (Wildman–Crippen LogP) is 2.13. The van der Waals surface area contributed by atoms with Crippen molar-refractivity contribution in [2.45, 2.75) is 19.9 Å². The summed E-state index contributed by atoms with van der Waals surface area (Å²) in [5.41, 5.74) is 2.90. The lowest BCUT2D eigenvalue weighted by molar-refractivity contribution is 0.0956. The van der Waals surface area contributed by atoms with E-state index in [1.165, 1.54) is 6.07 Å². The molecule has 0 bridgehead atoms. The molecule has 2 heterocycles. The van der Waals surface area contributed by atoms with Crippen molar-refractivity contribution in [2.24, 2.45) is 0 Å². The molecule has 25 heavy (non-hydrogen) atoms. The molecule has 0 fully saturated rings. The van der Waals surface area contributed by atoms with Crippen LogP contribution in [-0.2, 0) is 13.0 Å². The zero-order chi connectivity index (χ0) is 17.1. The third kappa shape index (κ3) is 4.12. The molecule has 0 radical (unpaired) electrons. The molecule has 1 aliphatic heterocycles. The second-order valence-electron chi connectivity index (χ2n) is 5.46. The lowest BCUT2D eigenvalue weighted by Gasteiger charge is -2.14. The third-order valence-corrected chi connectivity index (χ3v) is 4.07. The number of carbonyl (C=O) groups is 2. The van der Waals surface area contributed by atoms with Gasteiger partial charge in [-0.25, -0.2) is 0 Å². The van der Waals surface area contributed by atoms with Crippen LogP contribution >= 0.6 is 24.0 Å². The predicted molar refractivity (Wildman–Crippen MR) is 98.7 cm³/mol. The van der Waals surface area contributed by atoms with Crippen LogP contribution in [0.2, 0.25) is 5.02 Å². The topological polar surface area (TPSA) is 98.9 Å². The van der Waals surface area contributed by atoms with Gasteiger partial charge in [-0.05, 0) is 25.1 Å². The van der Waals surface area contributed by atoms with Gasteiger partial charge in [-0.3, -0.25) is 14.7 Å². The summed E-state index contributed by atoms with van der Waals surface area (Å²) < 4.78 is 0. The summed E-state index contributed by atoms with van der Waals surface area (Å²) in [7, 11) is 0. The second kappa shape index (κ2) is 8.33. The number of halogens is 2. The number of hydrogen-bond donors (Lipinski definition) is 4. The number of H-pyrrole nitrogens is 1. The minimum Gasteiger partial charge on any atom is -0.352 e. The monoisotopic (exact) mass is 383 g/mol. The number of rotatable bonds is 4. The van der Waals surface area contributed by atoms with Crippen molar-refractivity contribution in [3.05, 3.63) is 45.7 Å². The molecule has 0 atom stereocenters. The van der Waals surface area contributed by atoms with Gasteiger partial charge < -0.3 is 16.0 Å². The summed E-state index contributed by atoms with van der Waals surface area (Å²) in [5.74, 6) is -0.648. The second-order valence-corrected chi connectivity index (χ2v) is 5.90. The molecule has 3 rings (SSSR count). The average molecular weight is 384 g/mol. The normalized spacial score (nSPS) is 12.7. The van der Waals surface area contributed by atoms with Crippen LogP contribution in [0.5, 0.6) is 0 Å². The Hall–Kier alpha value is -2.09. The highest BCUT2D eigenvalue weighted by Crippen LogP contribution is 2.22. The Kier molecular flexibility index (Phi) is 6.41. The molecule has 1 aliphatic rings. The molecule has 9 heteroatoms. The highest BCUT2D eigenvalue weighted by Gasteiger charge is 2.23. The molecule has 0 saturated carbocycles. The van der Waals surface area contributed by atoms with E-state index in [4.69, 9.17) is 11.6 Å². The van der Waals surface area contributed by atoms with Gasteiger partial charge in [-0.1, -0.05) is 11.6 Å². The number of nitrogens with zero attached hydrogens (tertiary/aromatic N) is 1. The number of carbonyl (C=O) groups excluding carboxylic acids is 2. The third-order valence-electron chi connectivity index (χ3n) is 3.83. The van der Waals surface area contributed by atoms with Crippen molar-refractivity contribution in [3.63, 3.8) is 0 Å². The van der Waals surface area contributed by atoms with E-state index < -0.39 is 0 Å². The summed E-state index contributed by atoms with van der Waals surface area (Å²) in [6, 6.07) is 4.77. The Morgan fingerprint density at radius 3 is 2.88 bits per heavy atom. The molecular formula is C16H19Cl2N5O2. The highest BCUT2D eigenvalue weighted by molar-refractivity contribution is 6.31. The quantitative estimate of drug-likeness (QED) is 0.649. The van der Waals surface area contributed by atoms with Gasteiger partial charge in [0.1, 0.15) is 0 Å². The number of benzene rings is 1. The first-order chi connectivity index (χ1) is 11.6. The Morgan fingerprint density at radius 1 is 1.32 bits per heavy atom. The van der Waals surface area contributed by atoms with Crippen LogP contribution in [-0.4, -0.2) is 35.1 Å². The fraction of sp³-hybridized carbons (Fsp3) is 0.312. The van der Waals surface area contributed by atoms with Crippen molar-refractivity contribution in [1.82, 2.24) is 20.8 Å². The maximum atomic E-state index is 12.6. The van der Waals surface area contributed by atoms with E-state index in [1.807, 2.05) is 6.92 Å². The molecule has 2 amide bonds. The van der Waals surface area contributed by atoms with E-state index in [1.54, 1.807) is 12.1 Å². The molecular weight excluding hydrogens is 365 g/mol.